The first-order valence-corrected chi connectivity index (χ1v) is 6.59. The van der Waals surface area contributed by atoms with Crippen molar-refractivity contribution in [2.45, 2.75) is 26.2 Å². The molecule has 1 aromatic heterocycles. The van der Waals surface area contributed by atoms with Crippen LogP contribution in [0.4, 0.5) is 0 Å². The van der Waals surface area contributed by atoms with Crippen LogP contribution in [-0.4, -0.2) is 4.98 Å². The minimum atomic E-state index is 0.147. The molecule has 100 valence electrons. The number of rotatable bonds is 2. The first-order chi connectivity index (χ1) is 9.45. The second-order valence-electron chi connectivity index (χ2n) is 5.81. The second kappa shape index (κ2) is 5.30. The Bertz CT molecular complexity index is 668. The number of pyridine rings is 1. The van der Waals surface area contributed by atoms with E-state index in [9.17, 15) is 0 Å². The molecule has 20 heavy (non-hydrogen) atoms. The van der Waals surface area contributed by atoms with Crippen molar-refractivity contribution in [3.05, 3.63) is 59.9 Å². The molecule has 0 bridgehead atoms. The van der Waals surface area contributed by atoms with Gasteiger partial charge >= 0.3 is 0 Å². The SMILES string of the molecule is C=Cc1cc(-c2ccc(C(C)(C)C)cc2)cnc1C#N. The van der Waals surface area contributed by atoms with Gasteiger partial charge in [-0.15, -0.1) is 0 Å². The molecule has 0 fully saturated rings. The average Bonchev–Trinajstić information content (AvgIpc) is 2.45. The Kier molecular flexibility index (Phi) is 3.72. The summed E-state index contributed by atoms with van der Waals surface area (Å²) in [6.45, 7) is 10.3. The molecule has 1 aromatic carbocycles. The molecule has 0 saturated heterocycles. The molecule has 0 spiro atoms. The highest BCUT2D eigenvalue weighted by molar-refractivity contribution is 5.68. The maximum Gasteiger partial charge on any atom is 0.147 e. The number of hydrogen-bond donors (Lipinski definition) is 0. The Labute approximate surface area is 120 Å². The molecule has 0 radical (unpaired) electrons. The monoisotopic (exact) mass is 262 g/mol. The van der Waals surface area contributed by atoms with Crippen molar-refractivity contribution in [3.8, 4) is 17.2 Å². The maximum atomic E-state index is 8.98. The smallest absolute Gasteiger partial charge is 0.147 e. The minimum absolute atomic E-state index is 0.147. The predicted molar refractivity (Wildman–Crippen MR) is 83.2 cm³/mol. The van der Waals surface area contributed by atoms with E-state index >= 15 is 0 Å². The third-order valence-corrected chi connectivity index (χ3v) is 3.33. The van der Waals surface area contributed by atoms with Crippen molar-refractivity contribution < 1.29 is 0 Å². The summed E-state index contributed by atoms with van der Waals surface area (Å²) in [5, 5.41) is 8.98. The van der Waals surface area contributed by atoms with E-state index in [2.05, 4.69) is 62.7 Å². The number of hydrogen-bond acceptors (Lipinski definition) is 2. The van der Waals surface area contributed by atoms with Crippen LogP contribution in [-0.2, 0) is 5.41 Å². The first-order valence-electron chi connectivity index (χ1n) is 6.59. The van der Waals surface area contributed by atoms with Gasteiger partial charge in [-0.2, -0.15) is 5.26 Å². The summed E-state index contributed by atoms with van der Waals surface area (Å²) in [5.41, 5.74) is 4.72. The number of nitrogens with zero attached hydrogens (tertiary/aromatic N) is 2. The van der Waals surface area contributed by atoms with Gasteiger partial charge in [0.05, 0.1) is 0 Å². The Morgan fingerprint density at radius 2 is 1.80 bits per heavy atom. The number of nitriles is 1. The Morgan fingerprint density at radius 3 is 2.30 bits per heavy atom. The topological polar surface area (TPSA) is 36.7 Å². The fourth-order valence-corrected chi connectivity index (χ4v) is 2.05. The van der Waals surface area contributed by atoms with Crippen LogP contribution in [0.3, 0.4) is 0 Å². The molecule has 2 aromatic rings. The predicted octanol–water partition coefficient (Wildman–Crippen LogP) is 4.56. The van der Waals surface area contributed by atoms with Crippen LogP contribution in [0.1, 0.15) is 37.6 Å². The molecule has 0 N–H and O–H groups in total. The Balaban J connectivity index is 2.42. The van der Waals surface area contributed by atoms with Crippen molar-refractivity contribution in [1.29, 1.82) is 5.26 Å². The molecule has 0 aliphatic heterocycles. The zero-order valence-corrected chi connectivity index (χ0v) is 12.1. The molecule has 2 rings (SSSR count). The number of benzene rings is 1. The Hall–Kier alpha value is -2.40. The van der Waals surface area contributed by atoms with Crippen molar-refractivity contribution in [2.24, 2.45) is 0 Å². The lowest BCUT2D eigenvalue weighted by atomic mass is 9.86. The molecule has 2 nitrogen and oxygen atoms in total. The summed E-state index contributed by atoms with van der Waals surface area (Å²) in [6.07, 6.45) is 3.40. The van der Waals surface area contributed by atoms with Crippen LogP contribution in [0.2, 0.25) is 0 Å². The van der Waals surface area contributed by atoms with E-state index in [0.717, 1.165) is 16.7 Å². The van der Waals surface area contributed by atoms with Crippen LogP contribution in [0.5, 0.6) is 0 Å². The summed E-state index contributed by atoms with van der Waals surface area (Å²) in [7, 11) is 0. The van der Waals surface area contributed by atoms with Gasteiger partial charge in [0.25, 0.3) is 0 Å². The van der Waals surface area contributed by atoms with Gasteiger partial charge < -0.3 is 0 Å². The third-order valence-electron chi connectivity index (χ3n) is 3.33. The van der Waals surface area contributed by atoms with E-state index in [4.69, 9.17) is 5.26 Å². The first kappa shape index (κ1) is 14.0. The van der Waals surface area contributed by atoms with Gasteiger partial charge in [0.2, 0.25) is 0 Å². The van der Waals surface area contributed by atoms with Crippen LogP contribution in [0.15, 0.2) is 43.1 Å². The van der Waals surface area contributed by atoms with Crippen molar-refractivity contribution in [1.82, 2.24) is 4.98 Å². The third kappa shape index (κ3) is 2.78. The molecule has 0 aliphatic rings. The van der Waals surface area contributed by atoms with Crippen molar-refractivity contribution in [2.75, 3.05) is 0 Å². The summed E-state index contributed by atoms with van der Waals surface area (Å²) < 4.78 is 0. The molecule has 2 heteroatoms. The van der Waals surface area contributed by atoms with Gasteiger partial charge in [0, 0.05) is 17.3 Å². The quantitative estimate of drug-likeness (QED) is 0.795. The van der Waals surface area contributed by atoms with Crippen molar-refractivity contribution in [3.63, 3.8) is 0 Å². The standard InChI is InChI=1S/C18H18N2/c1-5-13-10-15(12-20-17(13)11-19)14-6-8-16(9-7-14)18(2,3)4/h5-10,12H,1H2,2-4H3. The van der Waals surface area contributed by atoms with Gasteiger partial charge in [-0.3, -0.25) is 0 Å². The van der Waals surface area contributed by atoms with E-state index in [0.29, 0.717) is 5.69 Å². The lowest BCUT2D eigenvalue weighted by Crippen LogP contribution is -2.10. The number of aromatic nitrogens is 1. The molecule has 0 amide bonds. The van der Waals surface area contributed by atoms with E-state index in [1.54, 1.807) is 12.3 Å². The van der Waals surface area contributed by atoms with E-state index < -0.39 is 0 Å². The Morgan fingerprint density at radius 1 is 1.15 bits per heavy atom. The summed E-state index contributed by atoms with van der Waals surface area (Å²) in [5.74, 6) is 0. The van der Waals surface area contributed by atoms with Crippen molar-refractivity contribution >= 4 is 6.08 Å². The van der Waals surface area contributed by atoms with Gasteiger partial charge in [-0.25, -0.2) is 4.98 Å². The molecule has 0 aliphatic carbocycles. The van der Waals surface area contributed by atoms with Gasteiger partial charge in [-0.05, 0) is 22.6 Å². The zero-order valence-electron chi connectivity index (χ0n) is 12.1. The molecule has 1 heterocycles. The molecular weight excluding hydrogens is 244 g/mol. The average molecular weight is 262 g/mol. The highest BCUT2D eigenvalue weighted by Gasteiger charge is 2.13. The molecule has 0 unspecified atom stereocenters. The van der Waals surface area contributed by atoms with Crippen LogP contribution in [0, 0.1) is 11.3 Å². The normalized spacial score (nSPS) is 10.9. The summed E-state index contributed by atoms with van der Waals surface area (Å²) in [4.78, 5) is 4.18. The fraction of sp³-hybridized carbons (Fsp3) is 0.222. The zero-order chi connectivity index (χ0) is 14.8. The molecule has 0 saturated carbocycles. The highest BCUT2D eigenvalue weighted by Crippen LogP contribution is 2.26. The maximum absolute atomic E-state index is 8.98. The van der Waals surface area contributed by atoms with Crippen LogP contribution in [0.25, 0.3) is 17.2 Å². The summed E-state index contributed by atoms with van der Waals surface area (Å²) in [6, 6.07) is 12.5. The fourth-order valence-electron chi connectivity index (χ4n) is 2.05. The van der Waals surface area contributed by atoms with Crippen LogP contribution >= 0.6 is 0 Å². The lowest BCUT2D eigenvalue weighted by Gasteiger charge is -2.19. The van der Waals surface area contributed by atoms with Crippen LogP contribution < -0.4 is 0 Å². The largest absolute Gasteiger partial charge is 0.244 e. The highest BCUT2D eigenvalue weighted by atomic mass is 14.7. The molecule has 0 atom stereocenters. The minimum Gasteiger partial charge on any atom is -0.244 e. The lowest BCUT2D eigenvalue weighted by molar-refractivity contribution is 0.590. The van der Waals surface area contributed by atoms with Gasteiger partial charge in [0.15, 0.2) is 0 Å². The summed E-state index contributed by atoms with van der Waals surface area (Å²) >= 11 is 0. The molecular formula is C18H18N2. The van der Waals surface area contributed by atoms with E-state index in [-0.39, 0.29) is 5.41 Å². The van der Waals surface area contributed by atoms with Gasteiger partial charge in [0.1, 0.15) is 11.8 Å². The van der Waals surface area contributed by atoms with E-state index in [1.165, 1.54) is 5.56 Å². The van der Waals surface area contributed by atoms with Gasteiger partial charge in [-0.1, -0.05) is 57.7 Å². The van der Waals surface area contributed by atoms with E-state index in [1.807, 2.05) is 6.07 Å². The second-order valence-corrected chi connectivity index (χ2v) is 5.81.